The van der Waals surface area contributed by atoms with E-state index in [4.69, 9.17) is 4.74 Å². The Bertz CT molecular complexity index is 643. The first-order chi connectivity index (χ1) is 11.8. The summed E-state index contributed by atoms with van der Waals surface area (Å²) in [4.78, 5) is 11.8. The SMILES string of the molecule is Cl.O=C(CNCC1CC1)Nc1ccc(COCc2ccccc2)cc1. The number of nitrogens with one attached hydrogen (secondary N) is 2. The van der Waals surface area contributed by atoms with Gasteiger partial charge in [-0.2, -0.15) is 0 Å². The number of amides is 1. The Morgan fingerprint density at radius 3 is 2.24 bits per heavy atom. The van der Waals surface area contributed by atoms with Crippen LogP contribution < -0.4 is 10.6 Å². The zero-order valence-corrected chi connectivity index (χ0v) is 15.1. The van der Waals surface area contributed by atoms with Crippen molar-refractivity contribution in [2.45, 2.75) is 26.1 Å². The lowest BCUT2D eigenvalue weighted by molar-refractivity contribution is -0.115. The van der Waals surface area contributed by atoms with Crippen LogP contribution in [-0.2, 0) is 22.7 Å². The molecule has 1 amide bonds. The molecule has 134 valence electrons. The minimum Gasteiger partial charge on any atom is -0.372 e. The number of rotatable bonds is 9. The number of carbonyl (C=O) groups is 1. The standard InChI is InChI=1S/C20H24N2O2.ClH/c23-20(13-21-12-16-6-7-16)22-19-10-8-18(9-11-19)15-24-14-17-4-2-1-3-5-17;/h1-5,8-11,16,21H,6-7,12-15H2,(H,22,23);1H. The fourth-order valence-corrected chi connectivity index (χ4v) is 2.46. The van der Waals surface area contributed by atoms with E-state index in [1.165, 1.54) is 18.4 Å². The van der Waals surface area contributed by atoms with Gasteiger partial charge in [-0.1, -0.05) is 42.5 Å². The van der Waals surface area contributed by atoms with Crippen molar-refractivity contribution in [3.8, 4) is 0 Å². The highest BCUT2D eigenvalue weighted by Gasteiger charge is 2.20. The third-order valence-corrected chi connectivity index (χ3v) is 4.03. The Morgan fingerprint density at radius 1 is 0.960 bits per heavy atom. The molecule has 0 radical (unpaired) electrons. The molecule has 2 N–H and O–H groups in total. The third kappa shape index (κ3) is 7.26. The van der Waals surface area contributed by atoms with Gasteiger partial charge < -0.3 is 15.4 Å². The predicted molar refractivity (Wildman–Crippen MR) is 103 cm³/mol. The van der Waals surface area contributed by atoms with Gasteiger partial charge in [0, 0.05) is 5.69 Å². The highest BCUT2D eigenvalue weighted by Crippen LogP contribution is 2.27. The molecule has 1 aliphatic rings. The molecule has 0 unspecified atom stereocenters. The quantitative estimate of drug-likeness (QED) is 0.715. The average molecular weight is 361 g/mol. The van der Waals surface area contributed by atoms with Crippen molar-refractivity contribution in [3.05, 3.63) is 65.7 Å². The van der Waals surface area contributed by atoms with E-state index in [1.54, 1.807) is 0 Å². The third-order valence-electron chi connectivity index (χ3n) is 4.03. The summed E-state index contributed by atoms with van der Waals surface area (Å²) < 4.78 is 5.71. The maximum atomic E-state index is 11.8. The average Bonchev–Trinajstić information content (AvgIpc) is 3.42. The Labute approximate surface area is 155 Å². The number of ether oxygens (including phenoxy) is 1. The van der Waals surface area contributed by atoms with E-state index < -0.39 is 0 Å². The van der Waals surface area contributed by atoms with Crippen molar-refractivity contribution in [1.82, 2.24) is 5.32 Å². The number of hydrogen-bond donors (Lipinski definition) is 2. The number of anilines is 1. The van der Waals surface area contributed by atoms with Crippen LogP contribution in [0.1, 0.15) is 24.0 Å². The van der Waals surface area contributed by atoms with Crippen LogP contribution in [0.2, 0.25) is 0 Å². The van der Waals surface area contributed by atoms with Crippen LogP contribution in [0.5, 0.6) is 0 Å². The van der Waals surface area contributed by atoms with E-state index in [1.807, 2.05) is 42.5 Å². The molecular formula is C20H25ClN2O2. The molecule has 1 fully saturated rings. The first kappa shape index (κ1) is 19.4. The number of halogens is 1. The normalized spacial score (nSPS) is 13.1. The summed E-state index contributed by atoms with van der Waals surface area (Å²) >= 11 is 0. The smallest absolute Gasteiger partial charge is 0.238 e. The van der Waals surface area contributed by atoms with Crippen LogP contribution in [0.25, 0.3) is 0 Å². The second-order valence-electron chi connectivity index (χ2n) is 6.30. The molecule has 0 aliphatic heterocycles. The van der Waals surface area contributed by atoms with Gasteiger partial charge in [0.25, 0.3) is 0 Å². The van der Waals surface area contributed by atoms with Crippen molar-refractivity contribution < 1.29 is 9.53 Å². The summed E-state index contributed by atoms with van der Waals surface area (Å²) in [5, 5.41) is 6.09. The van der Waals surface area contributed by atoms with Crippen molar-refractivity contribution in [1.29, 1.82) is 0 Å². The zero-order chi connectivity index (χ0) is 16.6. The van der Waals surface area contributed by atoms with Crippen LogP contribution in [0.4, 0.5) is 5.69 Å². The van der Waals surface area contributed by atoms with Gasteiger partial charge in [0.1, 0.15) is 0 Å². The molecule has 0 saturated heterocycles. The van der Waals surface area contributed by atoms with Crippen LogP contribution in [0, 0.1) is 5.92 Å². The summed E-state index contributed by atoms with van der Waals surface area (Å²) in [6.45, 7) is 2.49. The van der Waals surface area contributed by atoms with Gasteiger partial charge in [0.15, 0.2) is 0 Å². The predicted octanol–water partition coefficient (Wildman–Crippen LogP) is 3.76. The monoisotopic (exact) mass is 360 g/mol. The molecule has 5 heteroatoms. The second kappa shape index (κ2) is 10.2. The minimum atomic E-state index is 0. The molecule has 2 aromatic rings. The van der Waals surface area contributed by atoms with Gasteiger partial charge in [0.2, 0.25) is 5.91 Å². The highest BCUT2D eigenvalue weighted by molar-refractivity contribution is 5.92. The number of hydrogen-bond acceptors (Lipinski definition) is 3. The van der Waals surface area contributed by atoms with Gasteiger partial charge in [-0.3, -0.25) is 4.79 Å². The lowest BCUT2D eigenvalue weighted by atomic mass is 10.2. The largest absolute Gasteiger partial charge is 0.372 e. The Morgan fingerprint density at radius 2 is 1.60 bits per heavy atom. The van der Waals surface area contributed by atoms with E-state index in [9.17, 15) is 4.79 Å². The molecule has 25 heavy (non-hydrogen) atoms. The van der Waals surface area contributed by atoms with Crippen LogP contribution in [0.15, 0.2) is 54.6 Å². The number of carbonyl (C=O) groups excluding carboxylic acids is 1. The van der Waals surface area contributed by atoms with E-state index in [-0.39, 0.29) is 18.3 Å². The van der Waals surface area contributed by atoms with Crippen LogP contribution >= 0.6 is 12.4 Å². The molecule has 0 heterocycles. The Balaban J connectivity index is 0.00000225. The molecule has 1 aliphatic carbocycles. The van der Waals surface area contributed by atoms with E-state index in [2.05, 4.69) is 22.8 Å². The highest BCUT2D eigenvalue weighted by atomic mass is 35.5. The molecule has 4 nitrogen and oxygen atoms in total. The molecule has 1 saturated carbocycles. The van der Waals surface area contributed by atoms with Crippen molar-refractivity contribution in [2.75, 3.05) is 18.4 Å². The van der Waals surface area contributed by atoms with E-state index >= 15 is 0 Å². The lowest BCUT2D eigenvalue weighted by Crippen LogP contribution is -2.29. The summed E-state index contributed by atoms with van der Waals surface area (Å²) in [5.74, 6) is 0.789. The van der Waals surface area contributed by atoms with Crippen LogP contribution in [0.3, 0.4) is 0 Å². The van der Waals surface area contributed by atoms with Crippen molar-refractivity contribution >= 4 is 24.0 Å². The van der Waals surface area contributed by atoms with Crippen LogP contribution in [-0.4, -0.2) is 19.0 Å². The Hall–Kier alpha value is -1.88. The van der Waals surface area contributed by atoms with E-state index in [0.717, 1.165) is 23.7 Å². The molecule has 0 atom stereocenters. The second-order valence-corrected chi connectivity index (χ2v) is 6.30. The summed E-state index contributed by atoms with van der Waals surface area (Å²) in [5.41, 5.74) is 3.08. The minimum absolute atomic E-state index is 0. The summed E-state index contributed by atoms with van der Waals surface area (Å²) in [7, 11) is 0. The van der Waals surface area contributed by atoms with E-state index in [0.29, 0.717) is 19.8 Å². The van der Waals surface area contributed by atoms with Gasteiger partial charge in [-0.25, -0.2) is 0 Å². The molecular weight excluding hydrogens is 336 g/mol. The van der Waals surface area contributed by atoms with Gasteiger partial charge in [0.05, 0.1) is 19.8 Å². The Kier molecular flexibility index (Phi) is 7.92. The van der Waals surface area contributed by atoms with Crippen molar-refractivity contribution in [3.63, 3.8) is 0 Å². The van der Waals surface area contributed by atoms with Gasteiger partial charge in [-0.05, 0) is 48.6 Å². The lowest BCUT2D eigenvalue weighted by Gasteiger charge is -2.08. The number of benzene rings is 2. The summed E-state index contributed by atoms with van der Waals surface area (Å²) in [6, 6.07) is 17.9. The van der Waals surface area contributed by atoms with Gasteiger partial charge >= 0.3 is 0 Å². The molecule has 0 aromatic heterocycles. The maximum absolute atomic E-state index is 11.8. The first-order valence-corrected chi connectivity index (χ1v) is 8.51. The fraction of sp³-hybridized carbons (Fsp3) is 0.350. The van der Waals surface area contributed by atoms with Crippen molar-refractivity contribution in [2.24, 2.45) is 5.92 Å². The zero-order valence-electron chi connectivity index (χ0n) is 14.2. The molecule has 0 bridgehead atoms. The topological polar surface area (TPSA) is 50.4 Å². The first-order valence-electron chi connectivity index (χ1n) is 8.51. The molecule has 2 aromatic carbocycles. The molecule has 0 spiro atoms. The van der Waals surface area contributed by atoms with Gasteiger partial charge in [-0.15, -0.1) is 12.4 Å². The fourth-order valence-electron chi connectivity index (χ4n) is 2.46. The molecule has 3 rings (SSSR count). The summed E-state index contributed by atoms with van der Waals surface area (Å²) in [6.07, 6.45) is 2.59. The maximum Gasteiger partial charge on any atom is 0.238 e.